The monoisotopic (exact) mass is 440 g/mol. The molecule has 0 aliphatic carbocycles. The molecule has 0 aliphatic rings. The van der Waals surface area contributed by atoms with Crippen molar-refractivity contribution in [3.63, 3.8) is 0 Å². The highest BCUT2D eigenvalue weighted by Crippen LogP contribution is 2.23. The van der Waals surface area contributed by atoms with Crippen molar-refractivity contribution in [2.75, 3.05) is 6.54 Å². The number of rotatable bonds is 8. The van der Waals surface area contributed by atoms with Crippen molar-refractivity contribution in [1.82, 2.24) is 10.2 Å². The van der Waals surface area contributed by atoms with Gasteiger partial charge in [0.2, 0.25) is 11.8 Å². The van der Waals surface area contributed by atoms with E-state index >= 15 is 0 Å². The fourth-order valence-electron chi connectivity index (χ4n) is 2.69. The van der Waals surface area contributed by atoms with E-state index < -0.39 is 6.04 Å². The van der Waals surface area contributed by atoms with Crippen LogP contribution in [0, 0.1) is 0 Å². The van der Waals surface area contributed by atoms with E-state index in [1.807, 2.05) is 6.92 Å². The molecule has 0 saturated carbocycles. The maximum atomic E-state index is 13.0. The maximum Gasteiger partial charge on any atom is 0.242 e. The third kappa shape index (κ3) is 6.40. The van der Waals surface area contributed by atoms with Crippen LogP contribution in [0.3, 0.4) is 0 Å². The van der Waals surface area contributed by atoms with E-state index in [1.165, 1.54) is 4.90 Å². The normalized spacial score (nSPS) is 11.8. The van der Waals surface area contributed by atoms with E-state index in [4.69, 9.17) is 34.8 Å². The van der Waals surface area contributed by atoms with Gasteiger partial charge in [-0.3, -0.25) is 9.59 Å². The van der Waals surface area contributed by atoms with Crippen LogP contribution < -0.4 is 5.32 Å². The minimum Gasteiger partial charge on any atom is -0.354 e. The van der Waals surface area contributed by atoms with Gasteiger partial charge in [0.05, 0.1) is 6.42 Å². The van der Waals surface area contributed by atoms with Gasteiger partial charge < -0.3 is 10.2 Å². The lowest BCUT2D eigenvalue weighted by molar-refractivity contribution is -0.140. The molecule has 0 unspecified atom stereocenters. The van der Waals surface area contributed by atoms with Gasteiger partial charge in [0.25, 0.3) is 0 Å². The van der Waals surface area contributed by atoms with Crippen LogP contribution in [-0.2, 0) is 22.6 Å². The van der Waals surface area contributed by atoms with Gasteiger partial charge in [-0.2, -0.15) is 0 Å². The second-order valence-corrected chi connectivity index (χ2v) is 7.81. The summed E-state index contributed by atoms with van der Waals surface area (Å²) in [4.78, 5) is 27.1. The zero-order valence-corrected chi connectivity index (χ0v) is 18.1. The van der Waals surface area contributed by atoms with Crippen molar-refractivity contribution in [3.05, 3.63) is 68.7 Å². The second kappa shape index (κ2) is 10.7. The average molecular weight is 442 g/mol. The van der Waals surface area contributed by atoms with E-state index in [2.05, 4.69) is 5.32 Å². The Balaban J connectivity index is 2.24. The van der Waals surface area contributed by atoms with Crippen LogP contribution >= 0.6 is 34.8 Å². The molecule has 0 aliphatic heterocycles. The number of carbonyl (C=O) groups excluding carboxylic acids is 2. The summed E-state index contributed by atoms with van der Waals surface area (Å²) in [6, 6.07) is 11.5. The quantitative estimate of drug-likeness (QED) is 0.617. The van der Waals surface area contributed by atoms with Crippen molar-refractivity contribution >= 4 is 46.6 Å². The van der Waals surface area contributed by atoms with Crippen LogP contribution in [0.25, 0.3) is 0 Å². The number of halogens is 3. The highest BCUT2D eigenvalue weighted by Gasteiger charge is 2.26. The number of hydrogen-bond donors (Lipinski definition) is 1. The number of nitrogens with one attached hydrogen (secondary N) is 1. The number of amides is 2. The zero-order valence-electron chi connectivity index (χ0n) is 15.8. The van der Waals surface area contributed by atoms with Crippen LogP contribution in [0.2, 0.25) is 15.1 Å². The summed E-state index contributed by atoms with van der Waals surface area (Å²) in [5, 5.41) is 4.42. The molecule has 0 heterocycles. The summed E-state index contributed by atoms with van der Waals surface area (Å²) in [6.45, 7) is 4.46. The molecule has 0 spiro atoms. The molecule has 28 heavy (non-hydrogen) atoms. The van der Waals surface area contributed by atoms with Crippen molar-refractivity contribution in [2.24, 2.45) is 0 Å². The minimum absolute atomic E-state index is 0.160. The summed E-state index contributed by atoms with van der Waals surface area (Å²) in [7, 11) is 0. The van der Waals surface area contributed by atoms with Crippen LogP contribution in [0.1, 0.15) is 31.4 Å². The topological polar surface area (TPSA) is 49.4 Å². The summed E-state index contributed by atoms with van der Waals surface area (Å²) in [5.74, 6) is -0.371. The van der Waals surface area contributed by atoms with E-state index in [0.29, 0.717) is 21.6 Å². The molecular weight excluding hydrogens is 419 g/mol. The fraction of sp³-hybridized carbons (Fsp3) is 0.333. The first kappa shape index (κ1) is 22.5. The number of carbonyl (C=O) groups is 2. The summed E-state index contributed by atoms with van der Waals surface area (Å²) in [6.07, 6.45) is 0.980. The SMILES string of the molecule is CCCNC(=O)[C@@H](C)N(Cc1ccc(Cl)cc1Cl)C(=O)Cc1ccc(Cl)cc1. The van der Waals surface area contributed by atoms with Crippen LogP contribution in [0.5, 0.6) is 0 Å². The van der Waals surface area contributed by atoms with Crippen molar-refractivity contribution < 1.29 is 9.59 Å². The Morgan fingerprint density at radius 1 is 1.04 bits per heavy atom. The van der Waals surface area contributed by atoms with E-state index in [1.54, 1.807) is 49.4 Å². The summed E-state index contributed by atoms with van der Waals surface area (Å²) < 4.78 is 0. The van der Waals surface area contributed by atoms with Gasteiger partial charge in [0, 0.05) is 28.2 Å². The van der Waals surface area contributed by atoms with Crippen LogP contribution in [0.15, 0.2) is 42.5 Å². The third-order valence-corrected chi connectivity index (χ3v) is 5.18. The minimum atomic E-state index is -0.641. The molecule has 2 aromatic rings. The van der Waals surface area contributed by atoms with Gasteiger partial charge in [-0.15, -0.1) is 0 Å². The molecule has 150 valence electrons. The Bertz CT molecular complexity index is 825. The lowest BCUT2D eigenvalue weighted by Crippen LogP contribution is -2.48. The molecule has 0 saturated heterocycles. The fourth-order valence-corrected chi connectivity index (χ4v) is 3.28. The smallest absolute Gasteiger partial charge is 0.242 e. The van der Waals surface area contributed by atoms with E-state index in [9.17, 15) is 9.59 Å². The van der Waals surface area contributed by atoms with Crippen molar-refractivity contribution in [1.29, 1.82) is 0 Å². The highest BCUT2D eigenvalue weighted by molar-refractivity contribution is 6.35. The average Bonchev–Trinajstić information content (AvgIpc) is 2.66. The molecule has 7 heteroatoms. The molecule has 0 aromatic heterocycles. The van der Waals surface area contributed by atoms with Gasteiger partial charge in [-0.05, 0) is 48.7 Å². The van der Waals surface area contributed by atoms with Crippen LogP contribution in [0.4, 0.5) is 0 Å². The number of hydrogen-bond acceptors (Lipinski definition) is 2. The van der Waals surface area contributed by atoms with Gasteiger partial charge in [-0.25, -0.2) is 0 Å². The molecule has 1 N–H and O–H groups in total. The maximum absolute atomic E-state index is 13.0. The molecule has 2 amide bonds. The first-order valence-corrected chi connectivity index (χ1v) is 10.2. The predicted molar refractivity (Wildman–Crippen MR) is 115 cm³/mol. The van der Waals surface area contributed by atoms with Gasteiger partial charge >= 0.3 is 0 Å². The van der Waals surface area contributed by atoms with Gasteiger partial charge in [0.15, 0.2) is 0 Å². The Morgan fingerprint density at radius 2 is 1.68 bits per heavy atom. The second-order valence-electron chi connectivity index (χ2n) is 6.53. The Kier molecular flexibility index (Phi) is 8.61. The first-order chi connectivity index (χ1) is 13.3. The molecule has 4 nitrogen and oxygen atoms in total. The number of nitrogens with zero attached hydrogens (tertiary/aromatic N) is 1. The zero-order chi connectivity index (χ0) is 20.7. The molecule has 0 fully saturated rings. The van der Waals surface area contributed by atoms with Gasteiger partial charge in [0.1, 0.15) is 6.04 Å². The standard InChI is InChI=1S/C21H23Cl3N2O2/c1-3-10-25-21(28)14(2)26(13-16-6-9-18(23)12-19(16)24)20(27)11-15-4-7-17(22)8-5-15/h4-9,12,14H,3,10-11,13H2,1-2H3,(H,25,28)/t14-/m1/s1. The van der Waals surface area contributed by atoms with Crippen LogP contribution in [-0.4, -0.2) is 29.3 Å². The van der Waals surface area contributed by atoms with E-state index in [-0.39, 0.29) is 24.8 Å². The number of benzene rings is 2. The molecule has 0 bridgehead atoms. The molecular formula is C21H23Cl3N2O2. The van der Waals surface area contributed by atoms with Crippen molar-refractivity contribution in [2.45, 2.75) is 39.3 Å². The predicted octanol–water partition coefficient (Wildman–Crippen LogP) is 5.13. The largest absolute Gasteiger partial charge is 0.354 e. The van der Waals surface area contributed by atoms with Gasteiger partial charge in [-0.1, -0.05) is 59.9 Å². The molecule has 2 rings (SSSR count). The summed E-state index contributed by atoms with van der Waals surface area (Å²) in [5.41, 5.74) is 1.55. The Morgan fingerprint density at radius 3 is 2.29 bits per heavy atom. The van der Waals surface area contributed by atoms with Crippen molar-refractivity contribution in [3.8, 4) is 0 Å². The highest BCUT2D eigenvalue weighted by atomic mass is 35.5. The lowest BCUT2D eigenvalue weighted by Gasteiger charge is -2.29. The Labute approximate surface area is 180 Å². The molecule has 1 atom stereocenters. The molecule has 0 radical (unpaired) electrons. The lowest BCUT2D eigenvalue weighted by atomic mass is 10.1. The summed E-state index contributed by atoms with van der Waals surface area (Å²) >= 11 is 18.2. The molecule has 2 aromatic carbocycles. The van der Waals surface area contributed by atoms with E-state index in [0.717, 1.165) is 17.5 Å². The third-order valence-electron chi connectivity index (χ3n) is 4.34. The first-order valence-electron chi connectivity index (χ1n) is 9.07. The Hall–Kier alpha value is -1.75.